The number of nitrogens with one attached hydrogen (secondary N) is 3. The zero-order valence-electron chi connectivity index (χ0n) is 15.3. The fourth-order valence-corrected chi connectivity index (χ4v) is 2.32. The van der Waals surface area contributed by atoms with Crippen LogP contribution in [0.15, 0.2) is 29.3 Å². The van der Waals surface area contributed by atoms with Gasteiger partial charge < -0.3 is 16.0 Å². The molecule has 0 aromatic heterocycles. The predicted octanol–water partition coefficient (Wildman–Crippen LogP) is 3.30. The largest absolute Gasteiger partial charge is 0.357 e. The average Bonchev–Trinajstić information content (AvgIpc) is 3.42. The molecule has 3 N–H and O–H groups in total. The molecule has 25 heavy (non-hydrogen) atoms. The summed E-state index contributed by atoms with van der Waals surface area (Å²) in [6.07, 6.45) is 4.75. The molecule has 1 amide bonds. The van der Waals surface area contributed by atoms with Gasteiger partial charge in [-0.3, -0.25) is 4.79 Å². The van der Waals surface area contributed by atoms with Gasteiger partial charge in [-0.1, -0.05) is 25.5 Å². The number of aliphatic imine (C=N–C) groups is 1. The van der Waals surface area contributed by atoms with Crippen molar-refractivity contribution in [2.75, 3.05) is 19.6 Å². The quantitative estimate of drug-likeness (QED) is 0.230. The third kappa shape index (κ3) is 8.56. The molecule has 0 aliphatic heterocycles. The van der Waals surface area contributed by atoms with Crippen LogP contribution in [0.1, 0.15) is 55.5 Å². The summed E-state index contributed by atoms with van der Waals surface area (Å²) in [5.41, 5.74) is 1.81. The molecule has 1 aromatic rings. The van der Waals surface area contributed by atoms with Gasteiger partial charge in [-0.25, -0.2) is 4.99 Å². The smallest absolute Gasteiger partial charge is 0.251 e. The van der Waals surface area contributed by atoms with E-state index in [2.05, 4.69) is 34.8 Å². The van der Waals surface area contributed by atoms with E-state index in [0.29, 0.717) is 12.1 Å². The molecule has 5 nitrogen and oxygen atoms in total. The molecule has 1 saturated carbocycles. The third-order valence-electron chi connectivity index (χ3n) is 4.05. The van der Waals surface area contributed by atoms with Gasteiger partial charge in [0, 0.05) is 25.2 Å². The van der Waals surface area contributed by atoms with Crippen LogP contribution in [-0.4, -0.2) is 31.5 Å². The summed E-state index contributed by atoms with van der Waals surface area (Å²) in [7, 11) is 0. The van der Waals surface area contributed by atoms with E-state index in [1.165, 1.54) is 12.8 Å². The molecule has 0 bridgehead atoms. The average molecular weight is 458 g/mol. The number of guanidine groups is 1. The second kappa shape index (κ2) is 12.1. The Kier molecular flexibility index (Phi) is 10.5. The van der Waals surface area contributed by atoms with E-state index in [9.17, 15) is 4.79 Å². The molecule has 0 atom stereocenters. The summed E-state index contributed by atoms with van der Waals surface area (Å²) >= 11 is 0. The van der Waals surface area contributed by atoms with Crippen LogP contribution in [0, 0.1) is 5.92 Å². The normalized spacial score (nSPS) is 13.8. The highest BCUT2D eigenvalue weighted by molar-refractivity contribution is 14.0. The lowest BCUT2D eigenvalue weighted by Gasteiger charge is -2.11. The molecule has 0 spiro atoms. The van der Waals surface area contributed by atoms with Crippen molar-refractivity contribution < 1.29 is 4.79 Å². The lowest BCUT2D eigenvalue weighted by Crippen LogP contribution is -2.38. The Morgan fingerprint density at radius 3 is 2.44 bits per heavy atom. The van der Waals surface area contributed by atoms with Gasteiger partial charge in [-0.2, -0.15) is 0 Å². The maximum Gasteiger partial charge on any atom is 0.251 e. The van der Waals surface area contributed by atoms with Gasteiger partial charge in [0.25, 0.3) is 5.91 Å². The van der Waals surface area contributed by atoms with E-state index in [-0.39, 0.29) is 29.9 Å². The van der Waals surface area contributed by atoms with Crippen molar-refractivity contribution in [1.29, 1.82) is 0 Å². The van der Waals surface area contributed by atoms with Crippen LogP contribution in [0.5, 0.6) is 0 Å². The van der Waals surface area contributed by atoms with Crippen LogP contribution in [0.3, 0.4) is 0 Å². The minimum absolute atomic E-state index is 0. The van der Waals surface area contributed by atoms with E-state index in [4.69, 9.17) is 0 Å². The first-order valence-electron chi connectivity index (χ1n) is 9.12. The number of benzene rings is 1. The van der Waals surface area contributed by atoms with Crippen LogP contribution in [-0.2, 0) is 6.54 Å². The molecule has 0 saturated heterocycles. The Morgan fingerprint density at radius 1 is 1.12 bits per heavy atom. The Bertz CT molecular complexity index is 541. The van der Waals surface area contributed by atoms with Gasteiger partial charge in [0.2, 0.25) is 0 Å². The van der Waals surface area contributed by atoms with Crippen molar-refractivity contribution in [3.63, 3.8) is 0 Å². The van der Waals surface area contributed by atoms with Crippen molar-refractivity contribution >= 4 is 35.8 Å². The monoisotopic (exact) mass is 458 g/mol. The van der Waals surface area contributed by atoms with Crippen LogP contribution < -0.4 is 16.0 Å². The minimum Gasteiger partial charge on any atom is -0.357 e. The minimum atomic E-state index is -0.00191. The number of halogens is 1. The fraction of sp³-hybridized carbons (Fsp3) is 0.579. The third-order valence-corrected chi connectivity index (χ3v) is 4.05. The molecule has 0 unspecified atom stereocenters. The summed E-state index contributed by atoms with van der Waals surface area (Å²) in [5, 5.41) is 9.59. The number of carbonyl (C=O) groups excluding carboxylic acids is 1. The Hall–Kier alpha value is -1.31. The number of unbranched alkanes of at least 4 members (excludes halogenated alkanes) is 1. The summed E-state index contributed by atoms with van der Waals surface area (Å²) in [4.78, 5) is 16.6. The number of amides is 1. The maximum absolute atomic E-state index is 12.0. The zero-order chi connectivity index (χ0) is 17.2. The molecular formula is C19H31IN4O. The number of carbonyl (C=O) groups is 1. The molecule has 2 rings (SSSR count). The van der Waals surface area contributed by atoms with Crippen molar-refractivity contribution in [3.05, 3.63) is 35.4 Å². The number of rotatable bonds is 9. The topological polar surface area (TPSA) is 65.5 Å². The Balaban J connectivity index is 0.00000312. The molecule has 140 valence electrons. The molecule has 1 aliphatic rings. The zero-order valence-corrected chi connectivity index (χ0v) is 17.6. The lowest BCUT2D eigenvalue weighted by atomic mass is 10.1. The summed E-state index contributed by atoms with van der Waals surface area (Å²) in [6.45, 7) is 7.39. The first-order chi connectivity index (χ1) is 11.7. The molecule has 0 radical (unpaired) electrons. The number of hydrogen-bond donors (Lipinski definition) is 3. The van der Waals surface area contributed by atoms with Crippen molar-refractivity contribution in [2.45, 2.75) is 46.1 Å². The van der Waals surface area contributed by atoms with E-state index in [1.54, 1.807) is 0 Å². The second-order valence-corrected chi connectivity index (χ2v) is 6.33. The van der Waals surface area contributed by atoms with Gasteiger partial charge in [0.1, 0.15) is 0 Å². The second-order valence-electron chi connectivity index (χ2n) is 6.33. The molecule has 1 fully saturated rings. The maximum atomic E-state index is 12.0. The van der Waals surface area contributed by atoms with Gasteiger partial charge in [0.05, 0.1) is 6.54 Å². The summed E-state index contributed by atoms with van der Waals surface area (Å²) in [6, 6.07) is 7.69. The van der Waals surface area contributed by atoms with E-state index in [0.717, 1.165) is 49.9 Å². The van der Waals surface area contributed by atoms with Gasteiger partial charge in [0.15, 0.2) is 5.96 Å². The molecule has 6 heteroatoms. The van der Waals surface area contributed by atoms with Crippen molar-refractivity contribution in [2.24, 2.45) is 10.9 Å². The lowest BCUT2D eigenvalue weighted by molar-refractivity contribution is 0.0953. The summed E-state index contributed by atoms with van der Waals surface area (Å²) < 4.78 is 0. The number of hydrogen-bond acceptors (Lipinski definition) is 2. The molecule has 1 aliphatic carbocycles. The van der Waals surface area contributed by atoms with Gasteiger partial charge in [-0.15, -0.1) is 24.0 Å². The summed E-state index contributed by atoms with van der Waals surface area (Å²) in [5.74, 6) is 1.68. The van der Waals surface area contributed by atoms with Crippen LogP contribution in [0.2, 0.25) is 0 Å². The van der Waals surface area contributed by atoms with E-state index in [1.807, 2.05) is 24.3 Å². The molecular weight excluding hydrogens is 427 g/mol. The van der Waals surface area contributed by atoms with Gasteiger partial charge in [-0.05, 0) is 49.8 Å². The fourth-order valence-electron chi connectivity index (χ4n) is 2.32. The van der Waals surface area contributed by atoms with E-state index >= 15 is 0 Å². The highest BCUT2D eigenvalue weighted by atomic mass is 127. The van der Waals surface area contributed by atoms with Crippen molar-refractivity contribution in [1.82, 2.24) is 16.0 Å². The Labute approximate surface area is 168 Å². The predicted molar refractivity (Wildman–Crippen MR) is 115 cm³/mol. The van der Waals surface area contributed by atoms with Gasteiger partial charge >= 0.3 is 0 Å². The molecule has 0 heterocycles. The molecule has 1 aromatic carbocycles. The van der Waals surface area contributed by atoms with Crippen LogP contribution >= 0.6 is 24.0 Å². The standard InChI is InChI=1S/C19H30N4O.HI/c1-3-5-12-21-18(24)17-10-8-16(9-11-17)14-23-19(20-4-2)22-13-15-6-7-15;/h8-11,15H,3-7,12-14H2,1-2H3,(H,21,24)(H2,20,22,23);1H. The van der Waals surface area contributed by atoms with Crippen molar-refractivity contribution in [3.8, 4) is 0 Å². The first-order valence-corrected chi connectivity index (χ1v) is 9.12. The van der Waals surface area contributed by atoms with Crippen LogP contribution in [0.25, 0.3) is 0 Å². The van der Waals surface area contributed by atoms with E-state index < -0.39 is 0 Å². The number of nitrogens with zero attached hydrogens (tertiary/aromatic N) is 1. The first kappa shape index (κ1) is 21.7. The highest BCUT2D eigenvalue weighted by Gasteiger charge is 2.20. The van der Waals surface area contributed by atoms with Crippen LogP contribution in [0.4, 0.5) is 0 Å². The SMILES string of the molecule is CCCCNC(=O)c1ccc(CN=C(NCC)NCC2CC2)cc1.I. The Morgan fingerprint density at radius 2 is 1.84 bits per heavy atom. The highest BCUT2D eigenvalue weighted by Crippen LogP contribution is 2.27.